The van der Waals surface area contributed by atoms with Crippen molar-refractivity contribution >= 4 is 10.0 Å². The SMILES string of the molecule is CC(C)c1ccc(S(=O)(=O)NCC(O)C(C)C)cc1. The third-order valence-electron chi connectivity index (χ3n) is 3.11. The summed E-state index contributed by atoms with van der Waals surface area (Å²) in [5.74, 6) is 0.387. The second-order valence-corrected chi connectivity index (χ2v) is 7.15. The zero-order valence-corrected chi connectivity index (χ0v) is 12.7. The third kappa shape index (κ3) is 4.60. The second-order valence-electron chi connectivity index (χ2n) is 5.39. The van der Waals surface area contributed by atoms with Gasteiger partial charge in [-0.1, -0.05) is 39.8 Å². The van der Waals surface area contributed by atoms with Gasteiger partial charge < -0.3 is 5.11 Å². The Balaban J connectivity index is 2.77. The highest BCUT2D eigenvalue weighted by Crippen LogP contribution is 2.17. The Bertz CT molecular complexity index is 492. The van der Waals surface area contributed by atoms with Crippen molar-refractivity contribution in [3.05, 3.63) is 29.8 Å². The molecule has 0 saturated carbocycles. The van der Waals surface area contributed by atoms with Crippen LogP contribution in [0.25, 0.3) is 0 Å². The average molecular weight is 285 g/mol. The first-order valence-electron chi connectivity index (χ1n) is 6.51. The smallest absolute Gasteiger partial charge is 0.240 e. The third-order valence-corrected chi connectivity index (χ3v) is 4.55. The number of rotatable bonds is 6. The van der Waals surface area contributed by atoms with Crippen LogP contribution in [0.4, 0.5) is 0 Å². The fourth-order valence-electron chi connectivity index (χ4n) is 1.55. The lowest BCUT2D eigenvalue weighted by Crippen LogP contribution is -2.34. The molecule has 0 aromatic heterocycles. The first kappa shape index (κ1) is 16.1. The standard InChI is InChI=1S/C14H23NO3S/c1-10(2)12-5-7-13(8-6-12)19(17,18)15-9-14(16)11(3)4/h5-8,10-11,14-16H,9H2,1-4H3. The molecule has 0 heterocycles. The number of benzene rings is 1. The van der Waals surface area contributed by atoms with E-state index in [1.165, 1.54) is 0 Å². The number of sulfonamides is 1. The number of aliphatic hydroxyl groups excluding tert-OH is 1. The van der Waals surface area contributed by atoms with E-state index in [2.05, 4.69) is 18.6 Å². The van der Waals surface area contributed by atoms with Crippen LogP contribution in [0.1, 0.15) is 39.2 Å². The van der Waals surface area contributed by atoms with Gasteiger partial charge in [-0.2, -0.15) is 0 Å². The predicted molar refractivity (Wildman–Crippen MR) is 76.6 cm³/mol. The van der Waals surface area contributed by atoms with E-state index in [4.69, 9.17) is 0 Å². The van der Waals surface area contributed by atoms with Gasteiger partial charge in [-0.05, 0) is 29.5 Å². The van der Waals surface area contributed by atoms with E-state index in [1.54, 1.807) is 12.1 Å². The zero-order valence-electron chi connectivity index (χ0n) is 11.9. The first-order valence-corrected chi connectivity index (χ1v) is 8.00. The molecule has 1 unspecified atom stereocenters. The van der Waals surface area contributed by atoms with Crippen LogP contribution in [-0.4, -0.2) is 26.2 Å². The number of hydrogen-bond acceptors (Lipinski definition) is 3. The molecular formula is C14H23NO3S. The van der Waals surface area contributed by atoms with Crippen molar-refractivity contribution in [3.63, 3.8) is 0 Å². The quantitative estimate of drug-likeness (QED) is 0.841. The number of nitrogens with one attached hydrogen (secondary N) is 1. The Kier molecular flexibility index (Phi) is 5.52. The lowest BCUT2D eigenvalue weighted by atomic mass is 10.0. The van der Waals surface area contributed by atoms with Crippen molar-refractivity contribution in [1.82, 2.24) is 4.72 Å². The maximum Gasteiger partial charge on any atom is 0.240 e. The lowest BCUT2D eigenvalue weighted by molar-refractivity contribution is 0.129. The van der Waals surface area contributed by atoms with Gasteiger partial charge in [0.25, 0.3) is 0 Å². The maximum absolute atomic E-state index is 12.0. The summed E-state index contributed by atoms with van der Waals surface area (Å²) in [5.41, 5.74) is 1.10. The molecule has 1 aromatic carbocycles. The predicted octanol–water partition coefficient (Wildman–Crippen LogP) is 2.11. The summed E-state index contributed by atoms with van der Waals surface area (Å²) in [5, 5.41) is 9.63. The van der Waals surface area contributed by atoms with Crippen molar-refractivity contribution in [2.45, 2.75) is 44.6 Å². The molecular weight excluding hydrogens is 262 g/mol. The molecule has 19 heavy (non-hydrogen) atoms. The molecule has 108 valence electrons. The van der Waals surface area contributed by atoms with Crippen LogP contribution < -0.4 is 4.72 Å². The highest BCUT2D eigenvalue weighted by molar-refractivity contribution is 7.89. The number of aliphatic hydroxyl groups is 1. The minimum atomic E-state index is -3.54. The molecule has 0 aliphatic carbocycles. The molecule has 0 amide bonds. The van der Waals surface area contributed by atoms with Crippen LogP contribution in [0.3, 0.4) is 0 Å². The molecule has 2 N–H and O–H groups in total. The molecule has 5 heteroatoms. The van der Waals surface area contributed by atoms with E-state index in [9.17, 15) is 13.5 Å². The zero-order chi connectivity index (χ0) is 14.6. The minimum absolute atomic E-state index is 0.0195. The molecule has 0 saturated heterocycles. The van der Waals surface area contributed by atoms with E-state index in [0.717, 1.165) is 5.56 Å². The first-order chi connectivity index (χ1) is 8.74. The van der Waals surface area contributed by atoms with Crippen LogP contribution in [0, 0.1) is 5.92 Å². The molecule has 0 bridgehead atoms. The van der Waals surface area contributed by atoms with Gasteiger partial charge in [-0.15, -0.1) is 0 Å². The Hall–Kier alpha value is -0.910. The normalized spacial score (nSPS) is 14.1. The highest BCUT2D eigenvalue weighted by Gasteiger charge is 2.17. The Morgan fingerprint density at radius 1 is 1.11 bits per heavy atom. The highest BCUT2D eigenvalue weighted by atomic mass is 32.2. The summed E-state index contributed by atoms with van der Waals surface area (Å²) in [6.07, 6.45) is -0.676. The molecule has 1 rings (SSSR count). The van der Waals surface area contributed by atoms with Crippen molar-refractivity contribution in [2.24, 2.45) is 5.92 Å². The van der Waals surface area contributed by atoms with E-state index in [1.807, 2.05) is 26.0 Å². The summed E-state index contributed by atoms with van der Waals surface area (Å²) in [7, 11) is -3.54. The van der Waals surface area contributed by atoms with Crippen molar-refractivity contribution in [1.29, 1.82) is 0 Å². The molecule has 0 fully saturated rings. The monoisotopic (exact) mass is 285 g/mol. The van der Waals surface area contributed by atoms with Crippen LogP contribution >= 0.6 is 0 Å². The summed E-state index contributed by atoms with van der Waals surface area (Å²) in [6, 6.07) is 6.83. The van der Waals surface area contributed by atoms with Crippen molar-refractivity contribution in [3.8, 4) is 0 Å². The Labute approximate surface area is 115 Å². The van der Waals surface area contributed by atoms with Gasteiger partial charge in [-0.25, -0.2) is 13.1 Å². The van der Waals surface area contributed by atoms with Crippen molar-refractivity contribution < 1.29 is 13.5 Å². The maximum atomic E-state index is 12.0. The minimum Gasteiger partial charge on any atom is -0.391 e. The van der Waals surface area contributed by atoms with Gasteiger partial charge in [0.2, 0.25) is 10.0 Å². The Morgan fingerprint density at radius 3 is 2.05 bits per heavy atom. The molecule has 0 aliphatic heterocycles. The van der Waals surface area contributed by atoms with Crippen molar-refractivity contribution in [2.75, 3.05) is 6.54 Å². The van der Waals surface area contributed by atoms with Crippen LogP contribution in [0.2, 0.25) is 0 Å². The topological polar surface area (TPSA) is 66.4 Å². The van der Waals surface area contributed by atoms with Gasteiger partial charge in [0, 0.05) is 6.54 Å². The van der Waals surface area contributed by atoms with Crippen LogP contribution in [0.15, 0.2) is 29.2 Å². The van der Waals surface area contributed by atoms with E-state index < -0.39 is 16.1 Å². The molecule has 1 aromatic rings. The fraction of sp³-hybridized carbons (Fsp3) is 0.571. The average Bonchev–Trinajstić information content (AvgIpc) is 2.36. The van der Waals surface area contributed by atoms with Gasteiger partial charge in [0.05, 0.1) is 11.0 Å². The second kappa shape index (κ2) is 6.50. The van der Waals surface area contributed by atoms with Gasteiger partial charge in [0.15, 0.2) is 0 Å². The number of hydrogen-bond donors (Lipinski definition) is 2. The van der Waals surface area contributed by atoms with Gasteiger partial charge in [0.1, 0.15) is 0 Å². The van der Waals surface area contributed by atoms with E-state index in [0.29, 0.717) is 5.92 Å². The summed E-state index contributed by atoms with van der Waals surface area (Å²) < 4.78 is 26.5. The molecule has 0 aliphatic rings. The van der Waals surface area contributed by atoms with Gasteiger partial charge in [-0.3, -0.25) is 0 Å². The van der Waals surface area contributed by atoms with Crippen LogP contribution in [-0.2, 0) is 10.0 Å². The largest absolute Gasteiger partial charge is 0.391 e. The lowest BCUT2D eigenvalue weighted by Gasteiger charge is -2.15. The van der Waals surface area contributed by atoms with Gasteiger partial charge >= 0.3 is 0 Å². The fourth-order valence-corrected chi connectivity index (χ4v) is 2.60. The summed E-state index contributed by atoms with van der Waals surface area (Å²) in [6.45, 7) is 7.83. The summed E-state index contributed by atoms with van der Waals surface area (Å²) in [4.78, 5) is 0.229. The molecule has 0 radical (unpaired) electrons. The van der Waals surface area contributed by atoms with E-state index >= 15 is 0 Å². The molecule has 0 spiro atoms. The van der Waals surface area contributed by atoms with E-state index in [-0.39, 0.29) is 17.4 Å². The molecule has 1 atom stereocenters. The summed E-state index contributed by atoms with van der Waals surface area (Å²) >= 11 is 0. The van der Waals surface area contributed by atoms with Crippen LogP contribution in [0.5, 0.6) is 0 Å². The Morgan fingerprint density at radius 2 is 1.63 bits per heavy atom. The molecule has 4 nitrogen and oxygen atoms in total.